The Labute approximate surface area is 250 Å². The summed E-state index contributed by atoms with van der Waals surface area (Å²) >= 11 is 0. The van der Waals surface area contributed by atoms with Gasteiger partial charge in [-0.3, -0.25) is 19.4 Å². The molecule has 1 atom stereocenters. The molecule has 1 amide bonds. The van der Waals surface area contributed by atoms with Crippen molar-refractivity contribution in [1.82, 2.24) is 14.8 Å². The number of rotatable bonds is 10. The molecule has 0 radical (unpaired) electrons. The van der Waals surface area contributed by atoms with Gasteiger partial charge in [-0.25, -0.2) is 4.79 Å². The molecule has 2 aliphatic heterocycles. The van der Waals surface area contributed by atoms with E-state index in [0.29, 0.717) is 6.42 Å². The average Bonchev–Trinajstić information content (AvgIpc) is 3.15. The van der Waals surface area contributed by atoms with Crippen molar-refractivity contribution in [2.75, 3.05) is 33.7 Å². The maximum Gasteiger partial charge on any atom is 0.336 e. The minimum Gasteiger partial charge on any atom is -0.481 e. The number of amides is 1. The molecule has 4 N–H and O–H groups in total. The molecule has 43 heavy (non-hydrogen) atoms. The van der Waals surface area contributed by atoms with E-state index in [2.05, 4.69) is 48.0 Å². The SMILES string of the molecule is CN(C)C(=O)C(Cc1ccccn1)CN1CCC2(CC1)OC(C)(C)c1ccccc12.O=C(O)CC(O)(CC(=O)O)C(=O)O. The van der Waals surface area contributed by atoms with Crippen LogP contribution in [0.1, 0.15) is 56.4 Å². The molecule has 3 heterocycles. The first-order valence-electron chi connectivity index (χ1n) is 14.1. The summed E-state index contributed by atoms with van der Waals surface area (Å²) in [5.41, 5.74) is 0.455. The molecule has 4 rings (SSSR count). The van der Waals surface area contributed by atoms with Crippen molar-refractivity contribution in [2.24, 2.45) is 5.92 Å². The summed E-state index contributed by atoms with van der Waals surface area (Å²) in [6.45, 7) is 6.97. The highest BCUT2D eigenvalue weighted by molar-refractivity contribution is 5.88. The summed E-state index contributed by atoms with van der Waals surface area (Å²) in [5.74, 6) is -4.93. The van der Waals surface area contributed by atoms with E-state index in [-0.39, 0.29) is 23.0 Å². The van der Waals surface area contributed by atoms with E-state index in [9.17, 15) is 19.2 Å². The summed E-state index contributed by atoms with van der Waals surface area (Å²) < 4.78 is 6.67. The van der Waals surface area contributed by atoms with Crippen LogP contribution in [0, 0.1) is 5.92 Å². The van der Waals surface area contributed by atoms with Crippen molar-refractivity contribution >= 4 is 23.8 Å². The van der Waals surface area contributed by atoms with Gasteiger partial charge in [-0.1, -0.05) is 30.3 Å². The predicted octanol–water partition coefficient (Wildman–Crippen LogP) is 2.34. The average molecular weight is 600 g/mol. The van der Waals surface area contributed by atoms with E-state index in [1.807, 2.05) is 32.3 Å². The molecule has 1 aromatic heterocycles. The Morgan fingerprint density at radius 3 is 2.00 bits per heavy atom. The van der Waals surface area contributed by atoms with Gasteiger partial charge >= 0.3 is 17.9 Å². The maximum atomic E-state index is 12.9. The van der Waals surface area contributed by atoms with Gasteiger partial charge in [-0.15, -0.1) is 0 Å². The number of carboxylic acids is 3. The van der Waals surface area contributed by atoms with Crippen LogP contribution in [-0.2, 0) is 41.5 Å². The number of hydrogen-bond donors (Lipinski definition) is 4. The van der Waals surface area contributed by atoms with Gasteiger partial charge in [-0.05, 0) is 49.9 Å². The summed E-state index contributed by atoms with van der Waals surface area (Å²) in [6.07, 6.45) is 2.10. The number of benzene rings is 1. The van der Waals surface area contributed by atoms with Crippen molar-refractivity contribution in [1.29, 1.82) is 0 Å². The highest BCUT2D eigenvalue weighted by Gasteiger charge is 2.50. The lowest BCUT2D eigenvalue weighted by Gasteiger charge is -2.41. The van der Waals surface area contributed by atoms with E-state index in [1.165, 1.54) is 11.1 Å². The maximum absolute atomic E-state index is 12.9. The standard InChI is InChI=1S/C25H33N3O2.C6H8O7/c1-24(2)21-10-5-6-11-22(21)25(30-24)12-15-28(16-13-25)18-19(23(29)27(3)4)17-20-9-7-8-14-26-20;7-3(8)1-6(13,5(11)12)2-4(9)10/h5-11,14,19H,12-13,15-18H2,1-4H3;13H,1-2H2,(H,7,8)(H,9,10)(H,11,12). The number of carbonyl (C=O) groups excluding carboxylic acids is 1. The van der Waals surface area contributed by atoms with Crippen LogP contribution in [0.5, 0.6) is 0 Å². The van der Waals surface area contributed by atoms with E-state index in [1.54, 1.807) is 11.1 Å². The summed E-state index contributed by atoms with van der Waals surface area (Å²) in [5, 5.41) is 33.8. The van der Waals surface area contributed by atoms with Gasteiger partial charge in [0.25, 0.3) is 0 Å². The third-order valence-electron chi connectivity index (χ3n) is 7.92. The Kier molecular flexibility index (Phi) is 10.7. The second-order valence-corrected chi connectivity index (χ2v) is 11.9. The van der Waals surface area contributed by atoms with E-state index in [0.717, 1.165) is 38.2 Å². The molecule has 12 nitrogen and oxygen atoms in total. The number of carboxylic acid groups (broad SMARTS) is 3. The molecule has 1 spiro atoms. The van der Waals surface area contributed by atoms with Gasteiger partial charge in [0.15, 0.2) is 5.60 Å². The first-order chi connectivity index (χ1) is 20.1. The summed E-state index contributed by atoms with van der Waals surface area (Å²) in [4.78, 5) is 51.9. The fourth-order valence-electron chi connectivity index (χ4n) is 5.86. The zero-order chi connectivity index (χ0) is 32.0. The minimum absolute atomic E-state index is 0.0860. The molecule has 1 fully saturated rings. The quantitative estimate of drug-likeness (QED) is 0.315. The number of aliphatic hydroxyl groups is 1. The van der Waals surface area contributed by atoms with Gasteiger partial charge in [0.05, 0.1) is 30.0 Å². The number of carbonyl (C=O) groups is 4. The van der Waals surface area contributed by atoms with Crippen molar-refractivity contribution in [3.05, 3.63) is 65.5 Å². The van der Waals surface area contributed by atoms with E-state index < -0.39 is 36.4 Å². The zero-order valence-corrected chi connectivity index (χ0v) is 25.0. The largest absolute Gasteiger partial charge is 0.481 e. The number of likely N-dealkylation sites (tertiary alicyclic amines) is 1. The lowest BCUT2D eigenvalue weighted by atomic mass is 9.82. The fourth-order valence-corrected chi connectivity index (χ4v) is 5.86. The summed E-state index contributed by atoms with van der Waals surface area (Å²) in [7, 11) is 3.68. The van der Waals surface area contributed by atoms with Crippen LogP contribution >= 0.6 is 0 Å². The Hall–Kier alpha value is -3.87. The van der Waals surface area contributed by atoms with Crippen molar-refractivity contribution in [2.45, 2.75) is 62.8 Å². The normalized spacial score (nSPS) is 17.7. The molecule has 0 aliphatic carbocycles. The number of aliphatic carboxylic acids is 3. The number of nitrogens with zero attached hydrogens (tertiary/aromatic N) is 3. The Balaban J connectivity index is 0.000000331. The second kappa shape index (κ2) is 13.6. The Morgan fingerprint density at radius 2 is 1.51 bits per heavy atom. The van der Waals surface area contributed by atoms with E-state index >= 15 is 0 Å². The Bertz CT molecular complexity index is 1290. The summed E-state index contributed by atoms with van der Waals surface area (Å²) in [6, 6.07) is 14.6. The number of ether oxygens (including phenoxy) is 1. The van der Waals surface area contributed by atoms with Crippen molar-refractivity contribution in [3.63, 3.8) is 0 Å². The fraction of sp³-hybridized carbons (Fsp3) is 0.516. The highest BCUT2D eigenvalue weighted by atomic mass is 16.5. The lowest BCUT2D eigenvalue weighted by Crippen LogP contribution is -2.47. The van der Waals surface area contributed by atoms with Gasteiger partial charge in [0, 0.05) is 52.0 Å². The van der Waals surface area contributed by atoms with Crippen molar-refractivity contribution < 1.29 is 44.3 Å². The third kappa shape index (κ3) is 8.37. The number of aromatic nitrogens is 1. The molecule has 234 valence electrons. The molecule has 1 aromatic carbocycles. The molecule has 2 aliphatic rings. The van der Waals surface area contributed by atoms with Crippen LogP contribution in [-0.4, -0.2) is 98.4 Å². The van der Waals surface area contributed by atoms with Crippen molar-refractivity contribution in [3.8, 4) is 0 Å². The number of piperidine rings is 1. The molecule has 1 unspecified atom stereocenters. The smallest absolute Gasteiger partial charge is 0.336 e. The van der Waals surface area contributed by atoms with Crippen LogP contribution < -0.4 is 0 Å². The van der Waals surface area contributed by atoms with Gasteiger partial charge in [-0.2, -0.15) is 0 Å². The van der Waals surface area contributed by atoms with Gasteiger partial charge < -0.3 is 35.0 Å². The van der Waals surface area contributed by atoms with Crippen LogP contribution in [0.25, 0.3) is 0 Å². The molecule has 2 aromatic rings. The molecular formula is C31H41N3O9. The van der Waals surface area contributed by atoms with Crippen LogP contribution in [0.15, 0.2) is 48.7 Å². The molecular weight excluding hydrogens is 558 g/mol. The van der Waals surface area contributed by atoms with E-state index in [4.69, 9.17) is 25.2 Å². The molecule has 0 saturated carbocycles. The second-order valence-electron chi connectivity index (χ2n) is 11.9. The first kappa shape index (κ1) is 33.6. The molecule has 12 heteroatoms. The van der Waals surface area contributed by atoms with Crippen LogP contribution in [0.4, 0.5) is 0 Å². The number of pyridine rings is 1. The lowest BCUT2D eigenvalue weighted by molar-refractivity contribution is -0.170. The molecule has 1 saturated heterocycles. The number of fused-ring (bicyclic) bond motifs is 2. The van der Waals surface area contributed by atoms with Gasteiger partial charge in [0.2, 0.25) is 5.91 Å². The van der Waals surface area contributed by atoms with Gasteiger partial charge in [0.1, 0.15) is 0 Å². The zero-order valence-electron chi connectivity index (χ0n) is 25.0. The highest BCUT2D eigenvalue weighted by Crippen LogP contribution is 2.51. The van der Waals surface area contributed by atoms with Crippen LogP contribution in [0.3, 0.4) is 0 Å². The first-order valence-corrected chi connectivity index (χ1v) is 14.1. The molecule has 0 bridgehead atoms. The predicted molar refractivity (Wildman–Crippen MR) is 155 cm³/mol. The third-order valence-corrected chi connectivity index (χ3v) is 7.92. The topological polar surface area (TPSA) is 178 Å². The monoisotopic (exact) mass is 599 g/mol. The van der Waals surface area contributed by atoms with Crippen LogP contribution in [0.2, 0.25) is 0 Å². The number of hydrogen-bond acceptors (Lipinski definition) is 8. The minimum atomic E-state index is -2.74. The Morgan fingerprint density at radius 1 is 0.953 bits per heavy atom.